The molecule has 1 saturated carbocycles. The molecular weight excluding hydrogens is 335 g/mol. The SMILES string of the molecule is C[C@@H]1CCCC[C@@H]1NC(=O)[C@@H](C)OC(=O)c1cccc(C(F)(F)F)c1. The molecule has 138 valence electrons. The quantitative estimate of drug-likeness (QED) is 0.831. The largest absolute Gasteiger partial charge is 0.449 e. The molecule has 1 N–H and O–H groups in total. The first-order chi connectivity index (χ1) is 11.7. The van der Waals surface area contributed by atoms with Crippen LogP contribution in [0.25, 0.3) is 0 Å². The lowest BCUT2D eigenvalue weighted by Gasteiger charge is -2.30. The minimum Gasteiger partial charge on any atom is -0.449 e. The number of rotatable bonds is 4. The molecule has 0 aliphatic heterocycles. The molecule has 1 aromatic rings. The summed E-state index contributed by atoms with van der Waals surface area (Å²) in [5.74, 6) is -1.03. The maximum Gasteiger partial charge on any atom is 0.416 e. The van der Waals surface area contributed by atoms with Crippen molar-refractivity contribution in [3.05, 3.63) is 35.4 Å². The molecule has 7 heteroatoms. The van der Waals surface area contributed by atoms with Crippen LogP contribution in [0.2, 0.25) is 0 Å². The molecule has 0 radical (unpaired) electrons. The van der Waals surface area contributed by atoms with E-state index in [0.717, 1.165) is 43.9 Å². The Morgan fingerprint density at radius 3 is 2.56 bits per heavy atom. The molecular formula is C18H22F3NO3. The Labute approximate surface area is 144 Å². The smallest absolute Gasteiger partial charge is 0.416 e. The molecule has 2 rings (SSSR count). The van der Waals surface area contributed by atoms with Gasteiger partial charge in [-0.25, -0.2) is 4.79 Å². The highest BCUT2D eigenvalue weighted by molar-refractivity contribution is 5.92. The summed E-state index contributed by atoms with van der Waals surface area (Å²) in [6.07, 6.45) is -1.54. The van der Waals surface area contributed by atoms with E-state index in [1.54, 1.807) is 0 Å². The summed E-state index contributed by atoms with van der Waals surface area (Å²) >= 11 is 0. The minimum atomic E-state index is -4.55. The first-order valence-electron chi connectivity index (χ1n) is 8.37. The van der Waals surface area contributed by atoms with Crippen molar-refractivity contribution in [3.63, 3.8) is 0 Å². The zero-order valence-corrected chi connectivity index (χ0v) is 14.2. The standard InChI is InChI=1S/C18H22F3NO3/c1-11-6-3-4-9-15(11)22-16(23)12(2)25-17(24)13-7-5-8-14(10-13)18(19,20)21/h5,7-8,10-12,15H,3-4,6,9H2,1-2H3,(H,22,23)/t11-,12-,15+/m1/s1. The summed E-state index contributed by atoms with van der Waals surface area (Å²) < 4.78 is 43.1. The molecule has 4 nitrogen and oxygen atoms in total. The third-order valence-electron chi connectivity index (χ3n) is 4.52. The number of nitrogens with one attached hydrogen (secondary N) is 1. The van der Waals surface area contributed by atoms with E-state index in [4.69, 9.17) is 4.74 Å². The summed E-state index contributed by atoms with van der Waals surface area (Å²) in [6.45, 7) is 3.47. The van der Waals surface area contributed by atoms with Crippen LogP contribution < -0.4 is 5.32 Å². The Kier molecular flexibility index (Phi) is 6.08. The van der Waals surface area contributed by atoms with Crippen LogP contribution in [0.3, 0.4) is 0 Å². The number of ether oxygens (including phenoxy) is 1. The minimum absolute atomic E-state index is 0.0379. The van der Waals surface area contributed by atoms with Crippen LogP contribution in [0.4, 0.5) is 13.2 Å². The first-order valence-corrected chi connectivity index (χ1v) is 8.37. The molecule has 1 amide bonds. The lowest BCUT2D eigenvalue weighted by Crippen LogP contribution is -2.46. The van der Waals surface area contributed by atoms with Gasteiger partial charge in [0, 0.05) is 6.04 Å². The van der Waals surface area contributed by atoms with Gasteiger partial charge in [-0.3, -0.25) is 4.79 Å². The average Bonchev–Trinajstić information content (AvgIpc) is 2.56. The molecule has 1 aromatic carbocycles. The second-order valence-corrected chi connectivity index (χ2v) is 6.50. The number of hydrogen-bond acceptors (Lipinski definition) is 3. The van der Waals surface area contributed by atoms with Crippen molar-refractivity contribution in [2.75, 3.05) is 0 Å². The zero-order valence-electron chi connectivity index (χ0n) is 14.2. The highest BCUT2D eigenvalue weighted by Gasteiger charge is 2.31. The van der Waals surface area contributed by atoms with Crippen molar-refractivity contribution < 1.29 is 27.5 Å². The number of amides is 1. The molecule has 1 fully saturated rings. The van der Waals surface area contributed by atoms with Crippen LogP contribution in [0.1, 0.15) is 55.5 Å². The van der Waals surface area contributed by atoms with Crippen molar-refractivity contribution in [3.8, 4) is 0 Å². The number of benzene rings is 1. The van der Waals surface area contributed by atoms with Gasteiger partial charge in [0.1, 0.15) is 0 Å². The Hall–Kier alpha value is -2.05. The summed E-state index contributed by atoms with van der Waals surface area (Å²) in [4.78, 5) is 24.2. The van der Waals surface area contributed by atoms with Gasteiger partial charge in [-0.15, -0.1) is 0 Å². The van der Waals surface area contributed by atoms with Crippen molar-refractivity contribution in [1.82, 2.24) is 5.32 Å². The second-order valence-electron chi connectivity index (χ2n) is 6.50. The maximum absolute atomic E-state index is 12.7. The first kappa shape index (κ1) is 19.3. The number of alkyl halides is 3. The fourth-order valence-corrected chi connectivity index (χ4v) is 2.94. The second kappa shape index (κ2) is 7.89. The molecule has 1 aliphatic carbocycles. The lowest BCUT2D eigenvalue weighted by molar-refractivity contribution is -0.137. The van der Waals surface area contributed by atoms with Gasteiger partial charge in [0.05, 0.1) is 11.1 Å². The van der Waals surface area contributed by atoms with Crippen LogP contribution >= 0.6 is 0 Å². The van der Waals surface area contributed by atoms with E-state index < -0.39 is 29.7 Å². The summed E-state index contributed by atoms with van der Waals surface area (Å²) in [5.41, 5.74) is -1.17. The van der Waals surface area contributed by atoms with Crippen molar-refractivity contribution in [2.45, 2.75) is 57.9 Å². The highest BCUT2D eigenvalue weighted by Crippen LogP contribution is 2.29. The normalized spacial score (nSPS) is 22.1. The molecule has 3 atom stereocenters. The van der Waals surface area contributed by atoms with Gasteiger partial charge in [0.15, 0.2) is 6.10 Å². The molecule has 0 heterocycles. The number of halogens is 3. The Balaban J connectivity index is 1.96. The van der Waals surface area contributed by atoms with E-state index in [0.29, 0.717) is 5.92 Å². The Bertz CT molecular complexity index is 630. The van der Waals surface area contributed by atoms with Crippen LogP contribution in [0.15, 0.2) is 24.3 Å². The van der Waals surface area contributed by atoms with E-state index in [-0.39, 0.29) is 11.6 Å². The summed E-state index contributed by atoms with van der Waals surface area (Å²) in [7, 11) is 0. The molecule has 0 aromatic heterocycles. The van der Waals surface area contributed by atoms with Crippen molar-refractivity contribution >= 4 is 11.9 Å². The number of hydrogen-bond donors (Lipinski definition) is 1. The van der Waals surface area contributed by atoms with Gasteiger partial charge < -0.3 is 10.1 Å². The van der Waals surface area contributed by atoms with E-state index in [1.807, 2.05) is 0 Å². The van der Waals surface area contributed by atoms with Gasteiger partial charge in [0.25, 0.3) is 5.91 Å². The molecule has 0 bridgehead atoms. The van der Waals surface area contributed by atoms with E-state index >= 15 is 0 Å². The third kappa shape index (κ3) is 5.21. The van der Waals surface area contributed by atoms with E-state index in [9.17, 15) is 22.8 Å². The zero-order chi connectivity index (χ0) is 18.6. The lowest BCUT2D eigenvalue weighted by atomic mass is 9.86. The van der Waals surface area contributed by atoms with Crippen LogP contribution in [-0.4, -0.2) is 24.0 Å². The third-order valence-corrected chi connectivity index (χ3v) is 4.52. The maximum atomic E-state index is 12.7. The van der Waals surface area contributed by atoms with E-state index in [1.165, 1.54) is 13.0 Å². The predicted molar refractivity (Wildman–Crippen MR) is 85.9 cm³/mol. The molecule has 25 heavy (non-hydrogen) atoms. The molecule has 1 aliphatic rings. The molecule has 0 spiro atoms. The Morgan fingerprint density at radius 2 is 1.92 bits per heavy atom. The van der Waals surface area contributed by atoms with Crippen LogP contribution in [-0.2, 0) is 15.7 Å². The van der Waals surface area contributed by atoms with Gasteiger partial charge in [-0.2, -0.15) is 13.2 Å². The number of carbonyl (C=O) groups excluding carboxylic acids is 2. The van der Waals surface area contributed by atoms with Crippen LogP contribution in [0.5, 0.6) is 0 Å². The molecule has 0 unspecified atom stereocenters. The summed E-state index contributed by atoms with van der Waals surface area (Å²) in [5, 5.41) is 2.86. The fourth-order valence-electron chi connectivity index (χ4n) is 2.94. The van der Waals surface area contributed by atoms with Crippen LogP contribution in [0, 0.1) is 5.92 Å². The monoisotopic (exact) mass is 357 g/mol. The van der Waals surface area contributed by atoms with E-state index in [2.05, 4.69) is 12.2 Å². The van der Waals surface area contributed by atoms with Gasteiger partial charge in [-0.1, -0.05) is 25.8 Å². The van der Waals surface area contributed by atoms with Crippen molar-refractivity contribution in [2.24, 2.45) is 5.92 Å². The topological polar surface area (TPSA) is 55.4 Å². The fraction of sp³-hybridized carbons (Fsp3) is 0.556. The highest BCUT2D eigenvalue weighted by atomic mass is 19.4. The summed E-state index contributed by atoms with van der Waals surface area (Å²) in [6, 6.07) is 3.99. The van der Waals surface area contributed by atoms with Gasteiger partial charge in [-0.05, 0) is 43.9 Å². The van der Waals surface area contributed by atoms with Gasteiger partial charge in [0.2, 0.25) is 0 Å². The average molecular weight is 357 g/mol. The molecule has 0 saturated heterocycles. The predicted octanol–water partition coefficient (Wildman–Crippen LogP) is 3.95. The number of esters is 1. The number of carbonyl (C=O) groups is 2. The van der Waals surface area contributed by atoms with Crippen molar-refractivity contribution in [1.29, 1.82) is 0 Å². The van der Waals surface area contributed by atoms with Gasteiger partial charge >= 0.3 is 12.1 Å². The Morgan fingerprint density at radius 1 is 1.24 bits per heavy atom.